The number of amides is 1. The Bertz CT molecular complexity index is 926. The Labute approximate surface area is 158 Å². The maximum absolute atomic E-state index is 13.2. The van der Waals surface area contributed by atoms with Gasteiger partial charge in [-0.2, -0.15) is 0 Å². The quantitative estimate of drug-likeness (QED) is 0.643. The lowest BCUT2D eigenvalue weighted by Gasteiger charge is -2.23. The standard InChI is InChI=1S/C23H19NO3/c25-22(19-11-12-21-20(13-19)16-27-23(21)26)24(14-17-7-3-1-4-8-17)15-18-9-5-2-6-10-18/h1-13H,14-16H2. The topological polar surface area (TPSA) is 46.6 Å². The predicted molar refractivity (Wildman–Crippen MR) is 102 cm³/mol. The van der Waals surface area contributed by atoms with Crippen molar-refractivity contribution >= 4 is 11.9 Å². The lowest BCUT2D eigenvalue weighted by Crippen LogP contribution is -2.30. The summed E-state index contributed by atoms with van der Waals surface area (Å²) in [6.45, 7) is 1.26. The average Bonchev–Trinajstić information content (AvgIpc) is 3.09. The third-order valence-corrected chi connectivity index (χ3v) is 4.65. The molecule has 4 rings (SSSR count). The summed E-state index contributed by atoms with van der Waals surface area (Å²) in [6.07, 6.45) is 0. The number of carbonyl (C=O) groups excluding carboxylic acids is 2. The van der Waals surface area contributed by atoms with Crippen LogP contribution in [0.1, 0.15) is 37.4 Å². The number of nitrogens with zero attached hydrogens (tertiary/aromatic N) is 1. The summed E-state index contributed by atoms with van der Waals surface area (Å²) >= 11 is 0. The lowest BCUT2D eigenvalue weighted by atomic mass is 10.0. The van der Waals surface area contributed by atoms with E-state index in [2.05, 4.69) is 0 Å². The number of rotatable bonds is 5. The van der Waals surface area contributed by atoms with Crippen molar-refractivity contribution < 1.29 is 14.3 Å². The van der Waals surface area contributed by atoms with Crippen LogP contribution in [0.5, 0.6) is 0 Å². The minimum absolute atomic E-state index is 0.0649. The normalized spacial score (nSPS) is 12.4. The van der Waals surface area contributed by atoms with Gasteiger partial charge >= 0.3 is 5.97 Å². The second-order valence-corrected chi connectivity index (χ2v) is 6.58. The number of cyclic esters (lactones) is 1. The summed E-state index contributed by atoms with van der Waals surface area (Å²) in [5.74, 6) is -0.390. The Morgan fingerprint density at radius 3 is 2.04 bits per heavy atom. The van der Waals surface area contributed by atoms with Gasteiger partial charge in [0.25, 0.3) is 5.91 Å². The van der Waals surface area contributed by atoms with Gasteiger partial charge in [-0.05, 0) is 29.3 Å². The van der Waals surface area contributed by atoms with Crippen molar-refractivity contribution in [3.8, 4) is 0 Å². The van der Waals surface area contributed by atoms with Gasteiger partial charge in [-0.25, -0.2) is 4.79 Å². The molecule has 4 heteroatoms. The number of fused-ring (bicyclic) bond motifs is 1. The fraction of sp³-hybridized carbons (Fsp3) is 0.130. The van der Waals surface area contributed by atoms with Crippen LogP contribution in [-0.4, -0.2) is 16.8 Å². The van der Waals surface area contributed by atoms with E-state index >= 15 is 0 Å². The van der Waals surface area contributed by atoms with Crippen LogP contribution in [0.4, 0.5) is 0 Å². The van der Waals surface area contributed by atoms with Crippen LogP contribution < -0.4 is 0 Å². The van der Waals surface area contributed by atoms with E-state index in [0.29, 0.717) is 24.2 Å². The predicted octanol–water partition coefficient (Wildman–Crippen LogP) is 4.20. The summed E-state index contributed by atoms with van der Waals surface area (Å²) in [4.78, 5) is 26.7. The summed E-state index contributed by atoms with van der Waals surface area (Å²) in [5.41, 5.74) is 4.02. The van der Waals surface area contributed by atoms with Crippen LogP contribution in [0.15, 0.2) is 78.9 Å². The van der Waals surface area contributed by atoms with E-state index in [9.17, 15) is 9.59 Å². The molecule has 1 heterocycles. The smallest absolute Gasteiger partial charge is 0.338 e. The van der Waals surface area contributed by atoms with Crippen molar-refractivity contribution in [2.24, 2.45) is 0 Å². The van der Waals surface area contributed by atoms with Crippen molar-refractivity contribution in [3.63, 3.8) is 0 Å². The van der Waals surface area contributed by atoms with Crippen LogP contribution >= 0.6 is 0 Å². The first-order valence-electron chi connectivity index (χ1n) is 8.88. The Morgan fingerprint density at radius 2 is 1.44 bits per heavy atom. The van der Waals surface area contributed by atoms with Crippen molar-refractivity contribution in [3.05, 3.63) is 107 Å². The van der Waals surface area contributed by atoms with Gasteiger partial charge in [0.1, 0.15) is 6.61 Å². The minimum atomic E-state index is -0.325. The molecule has 27 heavy (non-hydrogen) atoms. The van der Waals surface area contributed by atoms with Crippen molar-refractivity contribution in [2.75, 3.05) is 0 Å². The molecular formula is C23H19NO3. The molecule has 0 unspecified atom stereocenters. The highest BCUT2D eigenvalue weighted by Crippen LogP contribution is 2.23. The molecule has 0 spiro atoms. The summed E-state index contributed by atoms with van der Waals surface area (Å²) in [7, 11) is 0. The first-order valence-corrected chi connectivity index (χ1v) is 8.88. The van der Waals surface area contributed by atoms with Gasteiger partial charge in [0.2, 0.25) is 0 Å². The molecule has 0 bridgehead atoms. The molecule has 3 aromatic rings. The molecule has 0 radical (unpaired) electrons. The second kappa shape index (κ2) is 7.46. The number of ether oxygens (including phenoxy) is 1. The lowest BCUT2D eigenvalue weighted by molar-refractivity contribution is 0.0535. The van der Waals surface area contributed by atoms with Crippen LogP contribution in [0.3, 0.4) is 0 Å². The fourth-order valence-electron chi connectivity index (χ4n) is 3.26. The molecule has 0 fully saturated rings. The molecule has 0 N–H and O–H groups in total. The molecule has 0 saturated carbocycles. The van der Waals surface area contributed by atoms with Crippen molar-refractivity contribution in [1.82, 2.24) is 4.90 Å². The molecule has 0 saturated heterocycles. The van der Waals surface area contributed by atoms with E-state index in [1.807, 2.05) is 65.6 Å². The van der Waals surface area contributed by atoms with Crippen LogP contribution in [0, 0.1) is 0 Å². The van der Waals surface area contributed by atoms with E-state index in [4.69, 9.17) is 4.74 Å². The van der Waals surface area contributed by atoms with Gasteiger partial charge in [0.05, 0.1) is 5.56 Å². The molecule has 134 valence electrons. The van der Waals surface area contributed by atoms with E-state index in [1.165, 1.54) is 0 Å². The van der Waals surface area contributed by atoms with E-state index in [-0.39, 0.29) is 18.5 Å². The summed E-state index contributed by atoms with van der Waals surface area (Å²) in [6, 6.07) is 25.0. The molecule has 0 aliphatic carbocycles. The largest absolute Gasteiger partial charge is 0.457 e. The third kappa shape index (κ3) is 3.75. The van der Waals surface area contributed by atoms with E-state index in [0.717, 1.165) is 16.7 Å². The minimum Gasteiger partial charge on any atom is -0.457 e. The Kier molecular flexibility index (Phi) is 4.71. The van der Waals surface area contributed by atoms with Crippen LogP contribution in [0.2, 0.25) is 0 Å². The fourth-order valence-corrected chi connectivity index (χ4v) is 3.26. The zero-order chi connectivity index (χ0) is 18.6. The van der Waals surface area contributed by atoms with Gasteiger partial charge in [0.15, 0.2) is 0 Å². The van der Waals surface area contributed by atoms with Crippen molar-refractivity contribution in [2.45, 2.75) is 19.7 Å². The molecule has 0 atom stereocenters. The molecule has 3 aromatic carbocycles. The van der Waals surface area contributed by atoms with E-state index < -0.39 is 0 Å². The zero-order valence-electron chi connectivity index (χ0n) is 14.8. The second-order valence-electron chi connectivity index (χ2n) is 6.58. The number of carbonyl (C=O) groups is 2. The van der Waals surface area contributed by atoms with Crippen LogP contribution in [0.25, 0.3) is 0 Å². The van der Waals surface area contributed by atoms with Gasteiger partial charge in [-0.1, -0.05) is 60.7 Å². The number of esters is 1. The number of benzene rings is 3. The highest BCUT2D eigenvalue weighted by Gasteiger charge is 2.24. The van der Waals surface area contributed by atoms with Gasteiger partial charge in [-0.3, -0.25) is 4.79 Å². The summed E-state index contributed by atoms with van der Waals surface area (Å²) in [5, 5.41) is 0. The van der Waals surface area contributed by atoms with E-state index in [1.54, 1.807) is 18.2 Å². The molecule has 1 amide bonds. The van der Waals surface area contributed by atoms with Crippen LogP contribution in [-0.2, 0) is 24.4 Å². The maximum atomic E-state index is 13.2. The molecule has 1 aliphatic heterocycles. The molecule has 0 aromatic heterocycles. The maximum Gasteiger partial charge on any atom is 0.338 e. The first kappa shape index (κ1) is 17.0. The Morgan fingerprint density at radius 1 is 0.852 bits per heavy atom. The third-order valence-electron chi connectivity index (χ3n) is 4.65. The SMILES string of the molecule is O=C1OCc2cc(C(=O)N(Cc3ccccc3)Cc3ccccc3)ccc21. The van der Waals surface area contributed by atoms with Gasteiger partial charge < -0.3 is 9.64 Å². The zero-order valence-corrected chi connectivity index (χ0v) is 14.8. The van der Waals surface area contributed by atoms with Gasteiger partial charge in [0, 0.05) is 24.2 Å². The first-order chi connectivity index (χ1) is 13.2. The molecular weight excluding hydrogens is 338 g/mol. The monoisotopic (exact) mass is 357 g/mol. The molecule has 4 nitrogen and oxygen atoms in total. The number of hydrogen-bond donors (Lipinski definition) is 0. The Balaban J connectivity index is 1.63. The number of hydrogen-bond acceptors (Lipinski definition) is 3. The highest BCUT2D eigenvalue weighted by molar-refractivity contribution is 5.98. The average molecular weight is 357 g/mol. The molecule has 1 aliphatic rings. The van der Waals surface area contributed by atoms with Gasteiger partial charge in [-0.15, -0.1) is 0 Å². The summed E-state index contributed by atoms with van der Waals surface area (Å²) < 4.78 is 5.05. The Hall–Kier alpha value is -3.40. The van der Waals surface area contributed by atoms with Crippen molar-refractivity contribution in [1.29, 1.82) is 0 Å². The highest BCUT2D eigenvalue weighted by atomic mass is 16.5.